The van der Waals surface area contributed by atoms with E-state index in [1.54, 1.807) is 19.1 Å². The average molecular weight is 479 g/mol. The van der Waals surface area contributed by atoms with Gasteiger partial charge >= 0.3 is 0 Å². The smallest absolute Gasteiger partial charge is 0.297 e. The Balaban J connectivity index is 1.64. The molecule has 0 unspecified atom stereocenters. The lowest BCUT2D eigenvalue weighted by Crippen LogP contribution is -2.66. The van der Waals surface area contributed by atoms with Gasteiger partial charge in [-0.1, -0.05) is 32.9 Å². The summed E-state index contributed by atoms with van der Waals surface area (Å²) in [4.78, 5) is 18.3. The summed E-state index contributed by atoms with van der Waals surface area (Å²) in [6.07, 6.45) is 1.27. The van der Waals surface area contributed by atoms with E-state index in [1.807, 2.05) is 6.92 Å². The second-order valence-corrected chi connectivity index (χ2v) is 11.1. The number of allylic oxidation sites excluding steroid dienone is 1. The number of Topliss-reactive ketones (excluding diaryl/α,β-unsaturated/α-hetero) is 1. The van der Waals surface area contributed by atoms with Crippen LogP contribution < -0.4 is 4.74 Å². The minimum Gasteiger partial charge on any atom is -0.454 e. The quantitative estimate of drug-likeness (QED) is 0.562. The molecule has 5 rings (SSSR count). The molecule has 1 heterocycles. The fraction of sp³-hybridized carbons (Fsp3) is 0.680. The molecule has 1 aromatic heterocycles. The van der Waals surface area contributed by atoms with Gasteiger partial charge in [0, 0.05) is 18.3 Å². The van der Waals surface area contributed by atoms with Crippen molar-refractivity contribution in [3.63, 3.8) is 0 Å². The molecule has 8 atom stereocenters. The summed E-state index contributed by atoms with van der Waals surface area (Å²) in [5.41, 5.74) is -2.97. The van der Waals surface area contributed by atoms with Crippen molar-refractivity contribution in [1.29, 1.82) is 0 Å². The van der Waals surface area contributed by atoms with Crippen molar-refractivity contribution in [2.24, 2.45) is 34.5 Å². The predicted octanol–water partition coefficient (Wildman–Crippen LogP) is 2.36. The molecule has 0 radical (unpaired) electrons. The highest BCUT2D eigenvalue weighted by molar-refractivity contribution is 5.95. The Kier molecular flexibility index (Phi) is 5.18. The molecule has 4 aliphatic rings. The Bertz CT molecular complexity index is 1080. The molecule has 4 aliphatic carbocycles. The van der Waals surface area contributed by atoms with Crippen LogP contribution in [0.1, 0.15) is 34.1 Å². The molecule has 0 saturated heterocycles. The number of nitrogens with zero attached hydrogens (tertiary/aromatic N) is 2. The molecule has 2 saturated carbocycles. The third-order valence-electron chi connectivity index (χ3n) is 9.13. The second kappa shape index (κ2) is 7.45. The first kappa shape index (κ1) is 23.6. The number of fused-ring (bicyclic) bond motifs is 3. The molecule has 186 valence electrons. The van der Waals surface area contributed by atoms with Crippen LogP contribution in [-0.4, -0.2) is 61.5 Å². The summed E-state index contributed by atoms with van der Waals surface area (Å²) in [5, 5.41) is 34.0. The number of hydrogen-bond donors (Lipinski definition) is 3. The van der Waals surface area contributed by atoms with E-state index < -0.39 is 48.7 Å². The van der Waals surface area contributed by atoms with Gasteiger partial charge in [0.15, 0.2) is 17.5 Å². The normalized spacial score (nSPS) is 42.4. The van der Waals surface area contributed by atoms with E-state index in [1.165, 1.54) is 12.4 Å². The van der Waals surface area contributed by atoms with E-state index in [4.69, 9.17) is 4.74 Å². The van der Waals surface area contributed by atoms with E-state index in [2.05, 4.69) is 18.8 Å². The van der Waals surface area contributed by atoms with Gasteiger partial charge in [-0.2, -0.15) is 0 Å². The lowest BCUT2D eigenvalue weighted by atomic mass is 9.59. The minimum atomic E-state index is -2.64. The lowest BCUT2D eigenvalue weighted by Gasteiger charge is -2.48. The molecule has 1 aromatic rings. The third kappa shape index (κ3) is 2.83. The van der Waals surface area contributed by atoms with Crippen LogP contribution in [0, 0.1) is 34.5 Å². The zero-order chi connectivity index (χ0) is 24.8. The molecule has 2 bridgehead atoms. The summed E-state index contributed by atoms with van der Waals surface area (Å²) >= 11 is 0. The standard InChI is InChI=1S/C25H32F2N2O5/c1-12-9-24-13(2)7-16-18(23(16,3)4)15(20(24)32)8-14(11-30)19(31)25(24,33)21(12)34-22-28-5-6-29(22)10-17(26)27/h5-6,8-9,13,15-19,21,30-31,33H,7,10-11H2,1-4H3/t13-,15+,16-,18+,19-,21+,24+,25+/m1/s1. The molecule has 2 fully saturated rings. The SMILES string of the molecule is CC1=C[C@]23C(=O)[C@@H](C=C(CO)[C@@H](O)[C@]2(O)[C@H]1Oc1nccn1CC(F)F)[C@H]1[C@@H](C[C@H]3C)C1(C)C. The number of aliphatic hydroxyl groups is 3. The van der Waals surface area contributed by atoms with Crippen molar-refractivity contribution in [1.82, 2.24) is 9.55 Å². The molecule has 3 N–H and O–H groups in total. The van der Waals surface area contributed by atoms with Crippen molar-refractivity contribution in [2.75, 3.05) is 6.61 Å². The average Bonchev–Trinajstić information content (AvgIpc) is 3.04. The first-order valence-corrected chi connectivity index (χ1v) is 11.8. The molecule has 0 aromatic carbocycles. The van der Waals surface area contributed by atoms with E-state index in [0.29, 0.717) is 12.0 Å². The summed E-state index contributed by atoms with van der Waals surface area (Å²) < 4.78 is 33.3. The van der Waals surface area contributed by atoms with Gasteiger partial charge in [0.05, 0.1) is 18.6 Å². The van der Waals surface area contributed by atoms with Crippen LogP contribution in [0.5, 0.6) is 6.01 Å². The number of hydrogen-bond acceptors (Lipinski definition) is 6. The number of carbonyl (C=O) groups is 1. The Hall–Kier alpha value is -2.10. The van der Waals surface area contributed by atoms with E-state index >= 15 is 0 Å². The number of imidazole rings is 1. The van der Waals surface area contributed by atoms with Crippen LogP contribution in [0.4, 0.5) is 8.78 Å². The maximum absolute atomic E-state index is 14.3. The fourth-order valence-corrected chi connectivity index (χ4v) is 7.40. The summed E-state index contributed by atoms with van der Waals surface area (Å²) in [6, 6.07) is -0.135. The van der Waals surface area contributed by atoms with Gasteiger partial charge in [-0.3, -0.25) is 9.36 Å². The second-order valence-electron chi connectivity index (χ2n) is 11.1. The molecular formula is C25H32F2N2O5. The number of ketones is 1. The van der Waals surface area contributed by atoms with Crippen molar-refractivity contribution < 1.29 is 33.6 Å². The maximum atomic E-state index is 14.3. The molecule has 1 spiro atoms. The summed E-state index contributed by atoms with van der Waals surface area (Å²) in [5.74, 6) is -0.750. The Morgan fingerprint density at radius 3 is 2.71 bits per heavy atom. The topological polar surface area (TPSA) is 105 Å². The van der Waals surface area contributed by atoms with E-state index in [-0.39, 0.29) is 40.5 Å². The number of aliphatic hydroxyl groups excluding tert-OH is 2. The van der Waals surface area contributed by atoms with Crippen LogP contribution >= 0.6 is 0 Å². The number of alkyl halides is 2. The van der Waals surface area contributed by atoms with Crippen molar-refractivity contribution in [3.8, 4) is 6.01 Å². The van der Waals surface area contributed by atoms with Crippen LogP contribution in [0.2, 0.25) is 0 Å². The Labute approximate surface area is 197 Å². The summed E-state index contributed by atoms with van der Waals surface area (Å²) in [7, 11) is 0. The molecule has 0 amide bonds. The highest BCUT2D eigenvalue weighted by atomic mass is 19.3. The van der Waals surface area contributed by atoms with Crippen molar-refractivity contribution >= 4 is 5.78 Å². The fourth-order valence-electron chi connectivity index (χ4n) is 7.40. The highest BCUT2D eigenvalue weighted by Gasteiger charge is 2.76. The molecule has 0 aliphatic heterocycles. The number of rotatable bonds is 5. The van der Waals surface area contributed by atoms with Gasteiger partial charge in [-0.15, -0.1) is 0 Å². The molecule has 34 heavy (non-hydrogen) atoms. The van der Waals surface area contributed by atoms with E-state index in [9.17, 15) is 28.9 Å². The Morgan fingerprint density at radius 1 is 1.35 bits per heavy atom. The lowest BCUT2D eigenvalue weighted by molar-refractivity contribution is -0.187. The molecular weight excluding hydrogens is 446 g/mol. The Morgan fingerprint density at radius 2 is 2.06 bits per heavy atom. The van der Waals surface area contributed by atoms with Gasteiger partial charge in [-0.05, 0) is 47.7 Å². The van der Waals surface area contributed by atoms with Gasteiger partial charge in [0.2, 0.25) is 0 Å². The first-order chi connectivity index (χ1) is 15.9. The van der Waals surface area contributed by atoms with Crippen molar-refractivity contribution in [2.45, 2.75) is 64.9 Å². The van der Waals surface area contributed by atoms with Gasteiger partial charge in [-0.25, -0.2) is 13.8 Å². The number of aromatic nitrogens is 2. The van der Waals surface area contributed by atoms with Crippen LogP contribution in [-0.2, 0) is 11.3 Å². The largest absolute Gasteiger partial charge is 0.454 e. The first-order valence-electron chi connectivity index (χ1n) is 11.8. The molecule has 7 nitrogen and oxygen atoms in total. The number of ether oxygens (including phenoxy) is 1. The summed E-state index contributed by atoms with van der Waals surface area (Å²) in [6.45, 7) is 6.70. The van der Waals surface area contributed by atoms with Gasteiger partial charge in [0.1, 0.15) is 6.10 Å². The predicted molar refractivity (Wildman–Crippen MR) is 118 cm³/mol. The third-order valence-corrected chi connectivity index (χ3v) is 9.13. The van der Waals surface area contributed by atoms with Crippen LogP contribution in [0.15, 0.2) is 35.7 Å². The van der Waals surface area contributed by atoms with Gasteiger partial charge < -0.3 is 20.1 Å². The maximum Gasteiger partial charge on any atom is 0.297 e. The monoisotopic (exact) mass is 478 g/mol. The molecule has 9 heteroatoms. The van der Waals surface area contributed by atoms with Gasteiger partial charge in [0.25, 0.3) is 12.4 Å². The van der Waals surface area contributed by atoms with Crippen LogP contribution in [0.3, 0.4) is 0 Å². The highest BCUT2D eigenvalue weighted by Crippen LogP contribution is 2.71. The van der Waals surface area contributed by atoms with E-state index in [0.717, 1.165) is 4.57 Å². The number of carbonyl (C=O) groups excluding carboxylic acids is 1. The van der Waals surface area contributed by atoms with Crippen LogP contribution in [0.25, 0.3) is 0 Å². The zero-order valence-electron chi connectivity index (χ0n) is 19.8. The van der Waals surface area contributed by atoms with Crippen molar-refractivity contribution in [3.05, 3.63) is 35.7 Å². The number of halogens is 2. The minimum absolute atomic E-state index is 0.0524. The zero-order valence-corrected chi connectivity index (χ0v) is 19.8.